The number of aliphatic hydroxyl groups is 1. The van der Waals surface area contributed by atoms with Crippen molar-refractivity contribution in [2.45, 2.75) is 26.3 Å². The summed E-state index contributed by atoms with van der Waals surface area (Å²) >= 11 is 1.21. The molecule has 3 aromatic heterocycles. The topological polar surface area (TPSA) is 90.6 Å². The van der Waals surface area contributed by atoms with Crippen LogP contribution < -0.4 is 10.6 Å². The first-order valence-corrected chi connectivity index (χ1v) is 10.8. The molecule has 3 N–H and O–H groups in total. The van der Waals surface area contributed by atoms with Gasteiger partial charge in [0.2, 0.25) is 0 Å². The van der Waals surface area contributed by atoms with Crippen molar-refractivity contribution in [3.05, 3.63) is 54.4 Å². The molecule has 32 heavy (non-hydrogen) atoms. The number of hydrogen-bond donors (Lipinski definition) is 3. The highest BCUT2D eigenvalue weighted by atomic mass is 32.1. The highest BCUT2D eigenvalue weighted by molar-refractivity contribution is 7.10. The van der Waals surface area contributed by atoms with Gasteiger partial charge in [-0.2, -0.15) is 4.37 Å². The summed E-state index contributed by atoms with van der Waals surface area (Å²) < 4.78 is 33.1. The van der Waals surface area contributed by atoms with Crippen molar-refractivity contribution in [2.24, 2.45) is 0 Å². The van der Waals surface area contributed by atoms with Crippen molar-refractivity contribution in [2.75, 3.05) is 32.1 Å². The van der Waals surface area contributed by atoms with Gasteiger partial charge < -0.3 is 15.7 Å². The SMILES string of the molecule is C=C/C(=C\NC)c1cnc2c(Nc3cc(CN(CCO)CC(C)(F)F)ns3)nc(C)cn12. The Balaban J connectivity index is 1.85. The maximum absolute atomic E-state index is 13.4. The van der Waals surface area contributed by atoms with E-state index in [-0.39, 0.29) is 19.7 Å². The Morgan fingerprint density at radius 1 is 1.44 bits per heavy atom. The number of aromatic nitrogens is 4. The number of nitrogens with zero attached hydrogens (tertiary/aromatic N) is 5. The van der Waals surface area contributed by atoms with Gasteiger partial charge in [-0.15, -0.1) is 0 Å². The minimum absolute atomic E-state index is 0.145. The molecule has 0 aromatic carbocycles. The van der Waals surface area contributed by atoms with Crippen LogP contribution in [-0.4, -0.2) is 61.4 Å². The van der Waals surface area contributed by atoms with Gasteiger partial charge in [0.15, 0.2) is 11.5 Å². The number of halogens is 2. The Hall–Kier alpha value is -2.89. The van der Waals surface area contributed by atoms with E-state index in [1.807, 2.05) is 30.8 Å². The van der Waals surface area contributed by atoms with Crippen molar-refractivity contribution < 1.29 is 13.9 Å². The van der Waals surface area contributed by atoms with E-state index in [1.165, 1.54) is 16.4 Å². The zero-order chi connectivity index (χ0) is 23.3. The van der Waals surface area contributed by atoms with E-state index in [1.54, 1.807) is 18.3 Å². The molecule has 3 rings (SSSR count). The molecule has 0 aliphatic rings. The lowest BCUT2D eigenvalue weighted by Crippen LogP contribution is -2.36. The molecule has 0 amide bonds. The third-order valence-electron chi connectivity index (χ3n) is 4.53. The van der Waals surface area contributed by atoms with Gasteiger partial charge in [-0.05, 0) is 24.5 Å². The van der Waals surface area contributed by atoms with Crippen molar-refractivity contribution >= 4 is 33.6 Å². The van der Waals surface area contributed by atoms with E-state index >= 15 is 0 Å². The predicted octanol–water partition coefficient (Wildman–Crippen LogP) is 3.43. The van der Waals surface area contributed by atoms with E-state index in [2.05, 4.69) is 31.6 Å². The number of rotatable bonds is 11. The van der Waals surface area contributed by atoms with Crippen LogP contribution in [0.15, 0.2) is 37.3 Å². The summed E-state index contributed by atoms with van der Waals surface area (Å²) in [6.45, 7) is 6.32. The molecule has 0 unspecified atom stereocenters. The first-order chi connectivity index (χ1) is 15.2. The van der Waals surface area contributed by atoms with Crippen LogP contribution in [-0.2, 0) is 6.54 Å². The molecule has 11 heteroatoms. The standard InChI is InChI=1S/C21H27F2N7OS/c1-5-15(9-24-4)17-10-25-20-19(26-14(2)11-30(17)20)27-18-8-16(28-32-18)12-29(6-7-31)13-21(3,22)23/h5,8-11,24,31H,1,6-7,12-13H2,2-4H3,(H,26,27)/b15-9+. The lowest BCUT2D eigenvalue weighted by atomic mass is 10.2. The number of aryl methyl sites for hydroxylation is 1. The average molecular weight is 464 g/mol. The summed E-state index contributed by atoms with van der Waals surface area (Å²) in [7, 11) is 1.82. The maximum Gasteiger partial charge on any atom is 0.257 e. The molecule has 0 bridgehead atoms. The van der Waals surface area contributed by atoms with Crippen LogP contribution >= 0.6 is 11.5 Å². The minimum atomic E-state index is -2.85. The summed E-state index contributed by atoms with van der Waals surface area (Å²) in [5, 5.41) is 16.1. The molecule has 8 nitrogen and oxygen atoms in total. The van der Waals surface area contributed by atoms with E-state index in [0.29, 0.717) is 22.2 Å². The first-order valence-electron chi connectivity index (χ1n) is 10.0. The number of imidazole rings is 1. The van der Waals surface area contributed by atoms with Crippen molar-refractivity contribution in [1.29, 1.82) is 0 Å². The molecule has 0 radical (unpaired) electrons. The molecule has 0 spiro atoms. The van der Waals surface area contributed by atoms with Crippen molar-refractivity contribution in [3.63, 3.8) is 0 Å². The molecule has 0 aliphatic carbocycles. The van der Waals surface area contributed by atoms with Crippen molar-refractivity contribution in [3.8, 4) is 0 Å². The first kappa shape index (κ1) is 23.8. The highest BCUT2D eigenvalue weighted by Crippen LogP contribution is 2.27. The van der Waals surface area contributed by atoms with Gasteiger partial charge in [-0.1, -0.05) is 12.7 Å². The Morgan fingerprint density at radius 3 is 2.88 bits per heavy atom. The Bertz CT molecular complexity index is 1100. The van der Waals surface area contributed by atoms with Gasteiger partial charge in [-0.25, -0.2) is 18.7 Å². The number of alkyl halides is 2. The highest BCUT2D eigenvalue weighted by Gasteiger charge is 2.25. The Kier molecular flexibility index (Phi) is 7.54. The smallest absolute Gasteiger partial charge is 0.257 e. The molecular weight excluding hydrogens is 436 g/mol. The van der Waals surface area contributed by atoms with E-state index in [4.69, 9.17) is 0 Å². The van der Waals surface area contributed by atoms with Crippen LogP contribution in [0.1, 0.15) is 24.0 Å². The number of nitrogens with one attached hydrogen (secondary N) is 2. The summed E-state index contributed by atoms with van der Waals surface area (Å²) in [6.07, 6.45) is 7.23. The quantitative estimate of drug-likeness (QED) is 0.375. The fourth-order valence-electron chi connectivity index (χ4n) is 3.34. The second kappa shape index (κ2) is 10.2. The van der Waals surface area contributed by atoms with E-state index in [9.17, 15) is 13.9 Å². The number of fused-ring (bicyclic) bond motifs is 1. The summed E-state index contributed by atoms with van der Waals surface area (Å²) in [4.78, 5) is 10.6. The van der Waals surface area contributed by atoms with Gasteiger partial charge in [0.25, 0.3) is 5.92 Å². The molecule has 172 valence electrons. The second-order valence-electron chi connectivity index (χ2n) is 7.47. The number of aliphatic hydroxyl groups excluding tert-OH is 1. The maximum atomic E-state index is 13.4. The van der Waals surface area contributed by atoms with E-state index in [0.717, 1.165) is 23.9 Å². The van der Waals surface area contributed by atoms with Crippen LogP contribution in [0, 0.1) is 6.92 Å². The normalized spacial score (nSPS) is 12.5. The molecule has 3 aromatic rings. The predicted molar refractivity (Wildman–Crippen MR) is 123 cm³/mol. The summed E-state index contributed by atoms with van der Waals surface area (Å²) in [5.41, 5.74) is 3.80. The molecule has 0 fully saturated rings. The van der Waals surface area contributed by atoms with Gasteiger partial charge in [0.1, 0.15) is 5.00 Å². The van der Waals surface area contributed by atoms with Crippen molar-refractivity contribution in [1.82, 2.24) is 29.0 Å². The molecular formula is C21H27F2N7OS. The lowest BCUT2D eigenvalue weighted by Gasteiger charge is -2.23. The monoisotopic (exact) mass is 463 g/mol. The van der Waals surface area contributed by atoms with Crippen LogP contribution in [0.25, 0.3) is 11.2 Å². The Labute approximate surface area is 189 Å². The van der Waals surface area contributed by atoms with Crippen LogP contribution in [0.5, 0.6) is 0 Å². The number of allylic oxidation sites excluding steroid dienone is 2. The van der Waals surface area contributed by atoms with Gasteiger partial charge >= 0.3 is 0 Å². The largest absolute Gasteiger partial charge is 0.395 e. The number of anilines is 2. The Morgan fingerprint density at radius 2 is 2.22 bits per heavy atom. The second-order valence-corrected chi connectivity index (χ2v) is 8.28. The van der Waals surface area contributed by atoms with Gasteiger partial charge in [-0.3, -0.25) is 9.30 Å². The molecule has 3 heterocycles. The zero-order valence-electron chi connectivity index (χ0n) is 18.3. The average Bonchev–Trinajstić information content (AvgIpc) is 3.32. The fourth-order valence-corrected chi connectivity index (χ4v) is 4.00. The summed E-state index contributed by atoms with van der Waals surface area (Å²) in [6, 6.07) is 1.79. The molecule has 0 saturated heterocycles. The molecule has 0 saturated carbocycles. The molecule has 0 atom stereocenters. The van der Waals surface area contributed by atoms with Crippen LogP contribution in [0.3, 0.4) is 0 Å². The minimum Gasteiger partial charge on any atom is -0.395 e. The van der Waals surface area contributed by atoms with Crippen LogP contribution in [0.2, 0.25) is 0 Å². The van der Waals surface area contributed by atoms with E-state index < -0.39 is 12.5 Å². The van der Waals surface area contributed by atoms with Gasteiger partial charge in [0.05, 0.1) is 36.4 Å². The number of hydrogen-bond acceptors (Lipinski definition) is 8. The van der Waals surface area contributed by atoms with Gasteiger partial charge in [0, 0.05) is 45.0 Å². The van der Waals surface area contributed by atoms with Crippen LogP contribution in [0.4, 0.5) is 19.6 Å². The molecule has 0 aliphatic heterocycles. The summed E-state index contributed by atoms with van der Waals surface area (Å²) in [5.74, 6) is -2.29. The zero-order valence-corrected chi connectivity index (χ0v) is 19.1. The third-order valence-corrected chi connectivity index (χ3v) is 5.27. The third kappa shape index (κ3) is 5.87. The fraction of sp³-hybridized carbons (Fsp3) is 0.381. The lowest BCUT2D eigenvalue weighted by molar-refractivity contribution is -0.0200.